The fraction of sp³-hybridized carbons (Fsp3) is 0.261. The molecule has 0 bridgehead atoms. The van der Waals surface area contributed by atoms with Crippen molar-refractivity contribution in [1.29, 1.82) is 0 Å². The highest BCUT2D eigenvalue weighted by molar-refractivity contribution is 7.17. The van der Waals surface area contributed by atoms with Crippen LogP contribution >= 0.6 is 22.9 Å². The van der Waals surface area contributed by atoms with E-state index < -0.39 is 0 Å². The predicted molar refractivity (Wildman–Crippen MR) is 125 cm³/mol. The van der Waals surface area contributed by atoms with E-state index >= 15 is 0 Å². The molecule has 2 heterocycles. The molecular weight excluding hydrogens is 451 g/mol. The molecule has 32 heavy (non-hydrogen) atoms. The summed E-state index contributed by atoms with van der Waals surface area (Å²) < 4.78 is 13.0. The first-order valence-electron chi connectivity index (χ1n) is 10.2. The Bertz CT molecular complexity index is 1130. The first-order chi connectivity index (χ1) is 15.4. The Hall–Kier alpha value is -2.81. The maximum atomic E-state index is 13.1. The van der Waals surface area contributed by atoms with Crippen molar-refractivity contribution in [3.05, 3.63) is 69.9 Å². The van der Waals surface area contributed by atoms with Crippen molar-refractivity contribution in [2.45, 2.75) is 6.92 Å². The molecule has 1 saturated heterocycles. The van der Waals surface area contributed by atoms with E-state index in [1.165, 1.54) is 35.6 Å². The monoisotopic (exact) mass is 472 g/mol. The Balaban J connectivity index is 1.32. The molecule has 0 unspecified atom stereocenters. The highest BCUT2D eigenvalue weighted by Gasteiger charge is 2.26. The van der Waals surface area contributed by atoms with Gasteiger partial charge in [0, 0.05) is 42.5 Å². The molecular formula is C23H22ClFN4O2S. The predicted octanol–water partition coefficient (Wildman–Crippen LogP) is 4.31. The summed E-state index contributed by atoms with van der Waals surface area (Å²) in [5.74, 6) is -0.552. The lowest BCUT2D eigenvalue weighted by Gasteiger charge is -2.34. The van der Waals surface area contributed by atoms with Crippen molar-refractivity contribution in [2.75, 3.05) is 38.0 Å². The number of aromatic nitrogens is 1. The Labute approximate surface area is 194 Å². The molecule has 0 atom stereocenters. The molecule has 1 N–H and O–H groups in total. The number of hydrogen-bond acceptors (Lipinski definition) is 5. The Morgan fingerprint density at radius 3 is 2.53 bits per heavy atom. The van der Waals surface area contributed by atoms with E-state index in [0.29, 0.717) is 47.5 Å². The summed E-state index contributed by atoms with van der Waals surface area (Å²) in [6, 6.07) is 13.1. The van der Waals surface area contributed by atoms with Crippen LogP contribution in [0.4, 0.5) is 10.1 Å². The van der Waals surface area contributed by atoms with E-state index in [-0.39, 0.29) is 24.2 Å². The van der Waals surface area contributed by atoms with E-state index in [2.05, 4.69) is 10.3 Å². The fourth-order valence-electron chi connectivity index (χ4n) is 3.53. The number of halogens is 2. The van der Waals surface area contributed by atoms with Crippen LogP contribution < -0.4 is 5.32 Å². The zero-order valence-corrected chi connectivity index (χ0v) is 19.0. The third-order valence-corrected chi connectivity index (χ3v) is 6.65. The summed E-state index contributed by atoms with van der Waals surface area (Å²) in [5, 5.41) is 4.16. The zero-order chi connectivity index (χ0) is 22.7. The van der Waals surface area contributed by atoms with Gasteiger partial charge in [0.2, 0.25) is 5.91 Å². The quantitative estimate of drug-likeness (QED) is 0.601. The van der Waals surface area contributed by atoms with Crippen molar-refractivity contribution in [1.82, 2.24) is 14.8 Å². The number of piperazine rings is 1. The average Bonchev–Trinajstić information content (AvgIpc) is 3.17. The fourth-order valence-corrected chi connectivity index (χ4v) is 4.75. The van der Waals surface area contributed by atoms with Crippen LogP contribution in [0.2, 0.25) is 5.02 Å². The van der Waals surface area contributed by atoms with Gasteiger partial charge in [-0.1, -0.05) is 23.7 Å². The topological polar surface area (TPSA) is 65.5 Å². The number of nitrogens with one attached hydrogen (secondary N) is 1. The summed E-state index contributed by atoms with van der Waals surface area (Å²) in [5.41, 5.74) is 2.15. The molecule has 3 aromatic rings. The average molecular weight is 473 g/mol. The van der Waals surface area contributed by atoms with Crippen molar-refractivity contribution < 1.29 is 14.0 Å². The minimum absolute atomic E-state index is 0.0382. The highest BCUT2D eigenvalue weighted by Crippen LogP contribution is 2.30. The van der Waals surface area contributed by atoms with Crippen LogP contribution in [0, 0.1) is 12.7 Å². The number of benzene rings is 2. The number of carbonyl (C=O) groups excluding carboxylic acids is 2. The van der Waals surface area contributed by atoms with Gasteiger partial charge in [0.25, 0.3) is 5.91 Å². The van der Waals surface area contributed by atoms with Gasteiger partial charge < -0.3 is 10.2 Å². The maximum Gasteiger partial charge on any atom is 0.265 e. The van der Waals surface area contributed by atoms with Gasteiger partial charge in [-0.3, -0.25) is 14.5 Å². The van der Waals surface area contributed by atoms with Gasteiger partial charge in [0.05, 0.1) is 12.2 Å². The van der Waals surface area contributed by atoms with Crippen molar-refractivity contribution in [2.24, 2.45) is 0 Å². The number of nitrogens with zero attached hydrogens (tertiary/aromatic N) is 3. The van der Waals surface area contributed by atoms with Gasteiger partial charge >= 0.3 is 0 Å². The summed E-state index contributed by atoms with van der Waals surface area (Å²) in [6.45, 7) is 4.33. The second-order valence-electron chi connectivity index (χ2n) is 7.57. The van der Waals surface area contributed by atoms with Gasteiger partial charge in [0.15, 0.2) is 0 Å². The normalized spacial score (nSPS) is 14.4. The first kappa shape index (κ1) is 22.4. The van der Waals surface area contributed by atoms with E-state index in [1.807, 2.05) is 30.0 Å². The van der Waals surface area contributed by atoms with Gasteiger partial charge in [-0.15, -0.1) is 11.3 Å². The van der Waals surface area contributed by atoms with Crippen molar-refractivity contribution >= 4 is 40.4 Å². The molecule has 6 nitrogen and oxygen atoms in total. The molecule has 2 amide bonds. The molecule has 0 spiro atoms. The van der Waals surface area contributed by atoms with E-state index in [4.69, 9.17) is 11.6 Å². The van der Waals surface area contributed by atoms with Crippen LogP contribution in [0.3, 0.4) is 0 Å². The number of thiazole rings is 1. The molecule has 0 aliphatic carbocycles. The van der Waals surface area contributed by atoms with Crippen LogP contribution in [0.1, 0.15) is 15.4 Å². The van der Waals surface area contributed by atoms with Gasteiger partial charge in [-0.05, 0) is 43.3 Å². The van der Waals surface area contributed by atoms with Crippen LogP contribution in [-0.2, 0) is 4.79 Å². The highest BCUT2D eigenvalue weighted by atomic mass is 35.5. The Kier molecular flexibility index (Phi) is 6.83. The minimum atomic E-state index is -0.348. The Morgan fingerprint density at radius 2 is 1.84 bits per heavy atom. The van der Waals surface area contributed by atoms with E-state index in [1.54, 1.807) is 11.0 Å². The van der Waals surface area contributed by atoms with E-state index in [0.717, 1.165) is 10.6 Å². The second kappa shape index (κ2) is 9.77. The van der Waals surface area contributed by atoms with Crippen molar-refractivity contribution in [3.63, 3.8) is 0 Å². The summed E-state index contributed by atoms with van der Waals surface area (Å²) in [7, 11) is 0. The van der Waals surface area contributed by atoms with Gasteiger partial charge in [-0.25, -0.2) is 9.37 Å². The zero-order valence-electron chi connectivity index (χ0n) is 17.5. The van der Waals surface area contributed by atoms with Crippen LogP contribution in [0.25, 0.3) is 10.6 Å². The number of amides is 2. The second-order valence-corrected chi connectivity index (χ2v) is 9.00. The molecule has 1 fully saturated rings. The van der Waals surface area contributed by atoms with Crippen LogP contribution in [0.15, 0.2) is 48.5 Å². The summed E-state index contributed by atoms with van der Waals surface area (Å²) in [4.78, 5) is 34.3. The number of anilines is 1. The standard InChI is InChI=1S/C23H22ClFN4O2S/c1-15-21(32-22(26-15)16-3-2-4-17(24)13-16)23(31)29-11-9-28(10-12-29)14-20(30)27-19-7-5-18(25)6-8-19/h2-8,13H,9-12,14H2,1H3,(H,27,30). The maximum absolute atomic E-state index is 13.1. The summed E-state index contributed by atoms with van der Waals surface area (Å²) >= 11 is 7.45. The van der Waals surface area contributed by atoms with Gasteiger partial charge in [0.1, 0.15) is 15.7 Å². The number of hydrogen-bond donors (Lipinski definition) is 1. The smallest absolute Gasteiger partial charge is 0.265 e. The molecule has 1 aliphatic heterocycles. The molecule has 2 aromatic carbocycles. The Morgan fingerprint density at radius 1 is 1.12 bits per heavy atom. The third kappa shape index (κ3) is 5.32. The van der Waals surface area contributed by atoms with Gasteiger partial charge in [-0.2, -0.15) is 0 Å². The van der Waals surface area contributed by atoms with Crippen molar-refractivity contribution in [3.8, 4) is 10.6 Å². The molecule has 0 radical (unpaired) electrons. The third-order valence-electron chi connectivity index (χ3n) is 5.22. The lowest BCUT2D eigenvalue weighted by atomic mass is 10.2. The lowest BCUT2D eigenvalue weighted by molar-refractivity contribution is -0.117. The van der Waals surface area contributed by atoms with Crippen LogP contribution in [-0.4, -0.2) is 59.3 Å². The minimum Gasteiger partial charge on any atom is -0.335 e. The van der Waals surface area contributed by atoms with E-state index in [9.17, 15) is 14.0 Å². The SMILES string of the molecule is Cc1nc(-c2cccc(Cl)c2)sc1C(=O)N1CCN(CC(=O)Nc2ccc(F)cc2)CC1. The number of aryl methyl sites for hydroxylation is 1. The number of rotatable bonds is 5. The largest absolute Gasteiger partial charge is 0.335 e. The lowest BCUT2D eigenvalue weighted by Crippen LogP contribution is -2.50. The first-order valence-corrected chi connectivity index (χ1v) is 11.4. The molecule has 166 valence electrons. The molecule has 4 rings (SSSR count). The molecule has 0 saturated carbocycles. The molecule has 1 aromatic heterocycles. The molecule has 9 heteroatoms. The van der Waals surface area contributed by atoms with Crippen LogP contribution in [0.5, 0.6) is 0 Å². The molecule has 1 aliphatic rings. The number of carbonyl (C=O) groups is 2. The summed E-state index contributed by atoms with van der Waals surface area (Å²) in [6.07, 6.45) is 0.